The van der Waals surface area contributed by atoms with Gasteiger partial charge in [0.2, 0.25) is 5.95 Å². The van der Waals surface area contributed by atoms with Gasteiger partial charge in [-0.15, -0.1) is 0 Å². The van der Waals surface area contributed by atoms with Crippen molar-refractivity contribution in [1.82, 2.24) is 10.2 Å². The summed E-state index contributed by atoms with van der Waals surface area (Å²) in [6.45, 7) is 0. The molecule has 2 N–H and O–H groups in total. The Bertz CT molecular complexity index is 780. The molecule has 94 valence electrons. The van der Waals surface area contributed by atoms with Crippen molar-refractivity contribution in [2.24, 2.45) is 0 Å². The van der Waals surface area contributed by atoms with Crippen molar-refractivity contribution in [3.05, 3.63) is 54.0 Å². The molecule has 2 aromatic carbocycles. The highest BCUT2D eigenvalue weighted by atomic mass is 19.1. The number of nitrogens with one attached hydrogen (secondary N) is 1. The Morgan fingerprint density at radius 2 is 1.95 bits per heavy atom. The maximum atomic E-state index is 13.4. The van der Waals surface area contributed by atoms with Crippen molar-refractivity contribution in [3.63, 3.8) is 0 Å². The van der Waals surface area contributed by atoms with Gasteiger partial charge in [-0.1, -0.05) is 18.2 Å². The highest BCUT2D eigenvalue weighted by Crippen LogP contribution is 2.25. The Hall–Kier alpha value is -2.69. The molecular formula is C14H9FN2O2. The number of aromatic amines is 1. The zero-order chi connectivity index (χ0) is 13.4. The van der Waals surface area contributed by atoms with Crippen LogP contribution in [0.3, 0.4) is 0 Å². The van der Waals surface area contributed by atoms with E-state index in [1.54, 1.807) is 36.4 Å². The molecule has 0 aliphatic rings. The lowest BCUT2D eigenvalue weighted by Gasteiger charge is -2.03. The maximum absolute atomic E-state index is 13.4. The Kier molecular flexibility index (Phi) is 2.52. The van der Waals surface area contributed by atoms with Crippen LogP contribution in [-0.4, -0.2) is 21.3 Å². The second-order valence-electron chi connectivity index (χ2n) is 4.16. The van der Waals surface area contributed by atoms with E-state index in [1.807, 2.05) is 0 Å². The minimum Gasteiger partial charge on any atom is -0.478 e. The second kappa shape index (κ2) is 4.20. The predicted octanol–water partition coefficient (Wildman–Crippen LogP) is 3.07. The number of halogens is 1. The SMILES string of the molecule is O=C(O)c1cccc(-c2ccc3n[nH]c(F)c3c2)c1. The van der Waals surface area contributed by atoms with E-state index in [9.17, 15) is 9.18 Å². The van der Waals surface area contributed by atoms with Crippen molar-refractivity contribution in [1.29, 1.82) is 0 Å². The molecule has 1 heterocycles. The van der Waals surface area contributed by atoms with Gasteiger partial charge < -0.3 is 5.11 Å². The number of benzene rings is 2. The summed E-state index contributed by atoms with van der Waals surface area (Å²) in [6, 6.07) is 11.6. The fourth-order valence-corrected chi connectivity index (χ4v) is 1.99. The summed E-state index contributed by atoms with van der Waals surface area (Å²) in [6.07, 6.45) is 0. The van der Waals surface area contributed by atoms with Gasteiger partial charge in [-0.3, -0.25) is 5.10 Å². The number of H-pyrrole nitrogens is 1. The number of aromatic nitrogens is 2. The molecule has 3 aromatic rings. The molecule has 5 heteroatoms. The van der Waals surface area contributed by atoms with Crippen LogP contribution in [-0.2, 0) is 0 Å². The lowest BCUT2D eigenvalue weighted by atomic mass is 10.0. The minimum atomic E-state index is -0.989. The van der Waals surface area contributed by atoms with Crippen LogP contribution in [0.15, 0.2) is 42.5 Å². The zero-order valence-corrected chi connectivity index (χ0v) is 9.72. The van der Waals surface area contributed by atoms with Gasteiger partial charge in [-0.25, -0.2) is 4.79 Å². The monoisotopic (exact) mass is 256 g/mol. The Morgan fingerprint density at radius 1 is 1.16 bits per heavy atom. The van der Waals surface area contributed by atoms with E-state index in [0.29, 0.717) is 10.9 Å². The fraction of sp³-hybridized carbons (Fsp3) is 0. The molecule has 3 rings (SSSR count). The summed E-state index contributed by atoms with van der Waals surface area (Å²) < 4.78 is 13.4. The Labute approximate surface area is 107 Å². The van der Waals surface area contributed by atoms with E-state index in [1.165, 1.54) is 6.07 Å². The van der Waals surface area contributed by atoms with Crippen LogP contribution < -0.4 is 0 Å². The van der Waals surface area contributed by atoms with Gasteiger partial charge in [0.25, 0.3) is 0 Å². The van der Waals surface area contributed by atoms with Crippen LogP contribution in [0.1, 0.15) is 10.4 Å². The molecule has 0 unspecified atom stereocenters. The summed E-state index contributed by atoms with van der Waals surface area (Å²) in [5.74, 6) is -1.48. The van der Waals surface area contributed by atoms with Gasteiger partial charge in [0.1, 0.15) is 0 Å². The van der Waals surface area contributed by atoms with Gasteiger partial charge in [-0.05, 0) is 35.4 Å². The fourth-order valence-electron chi connectivity index (χ4n) is 1.99. The molecule has 0 fully saturated rings. The first-order valence-electron chi connectivity index (χ1n) is 5.62. The summed E-state index contributed by atoms with van der Waals surface area (Å²) in [5.41, 5.74) is 2.21. The van der Waals surface area contributed by atoms with E-state index in [-0.39, 0.29) is 5.56 Å². The number of hydrogen-bond acceptors (Lipinski definition) is 2. The third-order valence-corrected chi connectivity index (χ3v) is 2.95. The van der Waals surface area contributed by atoms with Crippen molar-refractivity contribution in [2.75, 3.05) is 0 Å². The number of rotatable bonds is 2. The van der Waals surface area contributed by atoms with Gasteiger partial charge >= 0.3 is 5.97 Å². The lowest BCUT2D eigenvalue weighted by Crippen LogP contribution is -1.95. The zero-order valence-electron chi connectivity index (χ0n) is 9.72. The molecular weight excluding hydrogens is 247 g/mol. The molecule has 4 nitrogen and oxygen atoms in total. The van der Waals surface area contributed by atoms with Crippen molar-refractivity contribution in [2.45, 2.75) is 0 Å². The molecule has 19 heavy (non-hydrogen) atoms. The standard InChI is InChI=1S/C14H9FN2O2/c15-13-11-7-9(4-5-12(11)16-17-13)8-2-1-3-10(6-8)14(18)19/h1-7H,(H,16,17)(H,18,19). The van der Waals surface area contributed by atoms with Gasteiger partial charge in [-0.2, -0.15) is 9.49 Å². The average molecular weight is 256 g/mol. The van der Waals surface area contributed by atoms with Gasteiger partial charge in [0, 0.05) is 0 Å². The highest BCUT2D eigenvalue weighted by molar-refractivity contribution is 5.90. The summed E-state index contributed by atoms with van der Waals surface area (Å²) in [4.78, 5) is 10.9. The molecule has 0 saturated carbocycles. The number of fused-ring (bicyclic) bond motifs is 1. The maximum Gasteiger partial charge on any atom is 0.335 e. The summed E-state index contributed by atoms with van der Waals surface area (Å²) in [5, 5.41) is 15.4. The number of carboxylic acid groups (broad SMARTS) is 1. The first-order chi connectivity index (χ1) is 9.15. The van der Waals surface area contributed by atoms with Gasteiger partial charge in [0.15, 0.2) is 0 Å². The molecule has 0 spiro atoms. The van der Waals surface area contributed by atoms with Crippen molar-refractivity contribution in [3.8, 4) is 11.1 Å². The smallest absolute Gasteiger partial charge is 0.335 e. The first-order valence-corrected chi connectivity index (χ1v) is 5.62. The van der Waals surface area contributed by atoms with E-state index >= 15 is 0 Å². The molecule has 1 aromatic heterocycles. The number of nitrogens with zero attached hydrogens (tertiary/aromatic N) is 1. The molecule has 0 amide bonds. The summed E-state index contributed by atoms with van der Waals surface area (Å²) >= 11 is 0. The number of carboxylic acids is 1. The number of carbonyl (C=O) groups is 1. The Morgan fingerprint density at radius 3 is 2.74 bits per heavy atom. The molecule has 0 aliphatic carbocycles. The highest BCUT2D eigenvalue weighted by Gasteiger charge is 2.08. The van der Waals surface area contributed by atoms with E-state index < -0.39 is 11.9 Å². The topological polar surface area (TPSA) is 66.0 Å². The van der Waals surface area contributed by atoms with E-state index in [4.69, 9.17) is 5.11 Å². The van der Waals surface area contributed by atoms with Crippen molar-refractivity contribution >= 4 is 16.9 Å². The number of aromatic carboxylic acids is 1. The van der Waals surface area contributed by atoms with Crippen LogP contribution in [0.25, 0.3) is 22.0 Å². The largest absolute Gasteiger partial charge is 0.478 e. The third kappa shape index (κ3) is 1.95. The second-order valence-corrected chi connectivity index (χ2v) is 4.16. The minimum absolute atomic E-state index is 0.199. The quantitative estimate of drug-likeness (QED) is 0.740. The third-order valence-electron chi connectivity index (χ3n) is 2.95. The molecule has 0 bridgehead atoms. The molecule has 0 radical (unpaired) electrons. The van der Waals surface area contributed by atoms with E-state index in [2.05, 4.69) is 10.2 Å². The molecule has 0 aliphatic heterocycles. The normalized spacial score (nSPS) is 10.8. The number of hydrogen-bond donors (Lipinski definition) is 2. The van der Waals surface area contributed by atoms with Crippen LogP contribution in [0.4, 0.5) is 4.39 Å². The average Bonchev–Trinajstić information content (AvgIpc) is 2.80. The van der Waals surface area contributed by atoms with E-state index in [0.717, 1.165) is 11.1 Å². The predicted molar refractivity (Wildman–Crippen MR) is 68.4 cm³/mol. The van der Waals surface area contributed by atoms with Crippen LogP contribution >= 0.6 is 0 Å². The summed E-state index contributed by atoms with van der Waals surface area (Å²) in [7, 11) is 0. The molecule has 0 atom stereocenters. The molecule has 0 saturated heterocycles. The first kappa shape index (κ1) is 11.4. The van der Waals surface area contributed by atoms with Gasteiger partial charge in [0.05, 0.1) is 16.5 Å². The lowest BCUT2D eigenvalue weighted by molar-refractivity contribution is 0.0697. The Balaban J connectivity index is 2.15. The van der Waals surface area contributed by atoms with Crippen LogP contribution in [0.5, 0.6) is 0 Å². The van der Waals surface area contributed by atoms with Crippen molar-refractivity contribution < 1.29 is 14.3 Å². The van der Waals surface area contributed by atoms with Crippen LogP contribution in [0.2, 0.25) is 0 Å². The van der Waals surface area contributed by atoms with Crippen LogP contribution in [0, 0.1) is 5.95 Å².